The fourth-order valence-electron chi connectivity index (χ4n) is 5.50. The molecule has 5 N–H and O–H groups in total. The van der Waals surface area contributed by atoms with E-state index in [2.05, 4.69) is 35.4 Å². The number of nitrogens with zero attached hydrogens (tertiary/aromatic N) is 5. The van der Waals surface area contributed by atoms with E-state index in [9.17, 15) is 4.79 Å². The standard InChI is InChI=1S/C31H32N8O2/c1-2-6-29(40)37-16-13-23(14-17-37)34-25-20-41-26-19-22(9-10-24(25)26)30-31(21-7-4-3-5-8-21)39-27(35-30)11-12-28(36-39)38(33)18-15-32/h3-5,7-12,15,18-19,23,25,34H,13-14,16-17,20,32-33H2,1H3/b18-15-. The number of nitrogens with two attached hydrogens (primary N) is 2. The number of carbonyl (C=O) groups is 1. The second-order valence-corrected chi connectivity index (χ2v) is 10.1. The lowest BCUT2D eigenvalue weighted by molar-refractivity contribution is -0.126. The number of likely N-dealkylation sites (tertiary alicyclic amines) is 1. The molecule has 0 aliphatic carbocycles. The first-order valence-corrected chi connectivity index (χ1v) is 13.7. The van der Waals surface area contributed by atoms with Crippen LogP contribution in [0.4, 0.5) is 5.82 Å². The first-order chi connectivity index (χ1) is 20.1. The summed E-state index contributed by atoms with van der Waals surface area (Å²) in [6.07, 6.45) is 4.68. The molecule has 2 aromatic carbocycles. The predicted molar refractivity (Wildman–Crippen MR) is 158 cm³/mol. The van der Waals surface area contributed by atoms with Gasteiger partial charge in [0.2, 0.25) is 0 Å². The number of fused-ring (bicyclic) bond motifs is 2. The monoisotopic (exact) mass is 548 g/mol. The van der Waals surface area contributed by atoms with E-state index < -0.39 is 0 Å². The highest BCUT2D eigenvalue weighted by atomic mass is 16.5. The molecule has 1 fully saturated rings. The van der Waals surface area contributed by atoms with Gasteiger partial charge in [0.25, 0.3) is 5.91 Å². The SMILES string of the molecule is CC#CC(=O)N1CCC(NC2COc3cc(-c4nc5ccc(N(N)/C=C\N)nn5c4-c4ccccc4)ccc32)CC1. The number of hydrogen-bond acceptors (Lipinski definition) is 8. The second kappa shape index (κ2) is 11.3. The van der Waals surface area contributed by atoms with E-state index in [1.54, 1.807) is 19.2 Å². The molecule has 0 bridgehead atoms. The Kier molecular flexibility index (Phi) is 7.29. The van der Waals surface area contributed by atoms with Crippen LogP contribution in [0.5, 0.6) is 5.75 Å². The summed E-state index contributed by atoms with van der Waals surface area (Å²) in [5.74, 6) is 12.7. The maximum absolute atomic E-state index is 12.1. The van der Waals surface area contributed by atoms with Crippen LogP contribution in [-0.2, 0) is 4.79 Å². The molecule has 1 saturated heterocycles. The molecule has 1 unspecified atom stereocenters. The normalized spacial score (nSPS) is 16.8. The molecule has 1 atom stereocenters. The predicted octanol–water partition coefficient (Wildman–Crippen LogP) is 3.21. The molecule has 2 aliphatic rings. The number of benzene rings is 2. The Morgan fingerprint density at radius 1 is 1.12 bits per heavy atom. The van der Waals surface area contributed by atoms with E-state index in [1.165, 1.54) is 11.2 Å². The number of carbonyl (C=O) groups excluding carboxylic acids is 1. The molecule has 2 aliphatic heterocycles. The average molecular weight is 549 g/mol. The van der Waals surface area contributed by atoms with Gasteiger partial charge in [0, 0.05) is 48.2 Å². The highest BCUT2D eigenvalue weighted by Gasteiger charge is 2.30. The Labute approximate surface area is 238 Å². The molecule has 1 amide bonds. The molecular formula is C31H32N8O2. The first kappa shape index (κ1) is 26.4. The van der Waals surface area contributed by atoms with Gasteiger partial charge in [0.05, 0.1) is 11.7 Å². The van der Waals surface area contributed by atoms with Crippen molar-refractivity contribution in [3.63, 3.8) is 0 Å². The summed E-state index contributed by atoms with van der Waals surface area (Å²) >= 11 is 0. The van der Waals surface area contributed by atoms with Crippen LogP contribution >= 0.6 is 0 Å². The Bertz CT molecular complexity index is 1660. The van der Waals surface area contributed by atoms with Crippen LogP contribution < -0.4 is 26.6 Å². The van der Waals surface area contributed by atoms with E-state index in [0.29, 0.717) is 37.2 Å². The van der Waals surface area contributed by atoms with Gasteiger partial charge in [-0.05, 0) is 43.9 Å². The van der Waals surface area contributed by atoms with Crippen molar-refractivity contribution in [2.45, 2.75) is 31.8 Å². The van der Waals surface area contributed by atoms with Crippen LogP contribution in [0.25, 0.3) is 28.2 Å². The van der Waals surface area contributed by atoms with E-state index in [1.807, 2.05) is 45.8 Å². The molecule has 4 aromatic rings. The second-order valence-electron chi connectivity index (χ2n) is 10.1. The summed E-state index contributed by atoms with van der Waals surface area (Å²) in [6, 6.07) is 20.4. The number of hydrazine groups is 1. The number of anilines is 1. The van der Waals surface area contributed by atoms with Crippen LogP contribution in [0.15, 0.2) is 73.1 Å². The molecule has 2 aromatic heterocycles. The van der Waals surface area contributed by atoms with Gasteiger partial charge in [-0.3, -0.25) is 9.80 Å². The van der Waals surface area contributed by atoms with Crippen molar-refractivity contribution in [2.24, 2.45) is 11.6 Å². The van der Waals surface area contributed by atoms with Crippen LogP contribution in [0.3, 0.4) is 0 Å². The van der Waals surface area contributed by atoms with Crippen molar-refractivity contribution < 1.29 is 9.53 Å². The minimum atomic E-state index is -0.0889. The van der Waals surface area contributed by atoms with E-state index >= 15 is 0 Å². The van der Waals surface area contributed by atoms with Crippen molar-refractivity contribution >= 4 is 17.4 Å². The Morgan fingerprint density at radius 3 is 2.68 bits per heavy atom. The minimum absolute atomic E-state index is 0.0889. The molecule has 4 heterocycles. The molecule has 10 nitrogen and oxygen atoms in total. The first-order valence-electron chi connectivity index (χ1n) is 13.7. The van der Waals surface area contributed by atoms with Gasteiger partial charge in [-0.15, -0.1) is 5.10 Å². The highest BCUT2D eigenvalue weighted by Crippen LogP contribution is 2.39. The average Bonchev–Trinajstić information content (AvgIpc) is 3.59. The number of rotatable bonds is 6. The maximum atomic E-state index is 12.1. The van der Waals surface area contributed by atoms with Gasteiger partial charge in [-0.25, -0.2) is 15.3 Å². The highest BCUT2D eigenvalue weighted by molar-refractivity contribution is 5.93. The molecule has 208 valence electrons. The van der Waals surface area contributed by atoms with Crippen molar-refractivity contribution in [1.82, 2.24) is 24.8 Å². The van der Waals surface area contributed by atoms with Crippen LogP contribution in [0, 0.1) is 11.8 Å². The number of aromatic nitrogens is 3. The summed E-state index contributed by atoms with van der Waals surface area (Å²) < 4.78 is 7.98. The Hall–Kier alpha value is -4.85. The Balaban J connectivity index is 1.28. The minimum Gasteiger partial charge on any atom is -0.491 e. The number of piperidine rings is 1. The topological polar surface area (TPSA) is 127 Å². The van der Waals surface area contributed by atoms with Crippen molar-refractivity contribution in [3.8, 4) is 40.1 Å². The fraction of sp³-hybridized carbons (Fsp3) is 0.258. The number of hydrogen-bond donors (Lipinski definition) is 3. The van der Waals surface area contributed by atoms with Gasteiger partial charge >= 0.3 is 0 Å². The Morgan fingerprint density at radius 2 is 1.93 bits per heavy atom. The molecule has 0 radical (unpaired) electrons. The molecule has 6 rings (SSSR count). The smallest absolute Gasteiger partial charge is 0.298 e. The quantitative estimate of drug-likeness (QED) is 0.191. The number of imidazole rings is 1. The molecular weight excluding hydrogens is 516 g/mol. The zero-order chi connectivity index (χ0) is 28.3. The van der Waals surface area contributed by atoms with Crippen LogP contribution in [0.1, 0.15) is 31.4 Å². The number of ether oxygens (including phenoxy) is 1. The van der Waals surface area contributed by atoms with Gasteiger partial charge in [-0.1, -0.05) is 48.4 Å². The van der Waals surface area contributed by atoms with Crippen molar-refractivity contribution in [3.05, 3.63) is 78.6 Å². The van der Waals surface area contributed by atoms with Crippen LogP contribution in [0.2, 0.25) is 0 Å². The van der Waals surface area contributed by atoms with Gasteiger partial charge in [0.15, 0.2) is 11.5 Å². The summed E-state index contributed by atoms with van der Waals surface area (Å²) in [7, 11) is 0. The van der Waals surface area contributed by atoms with Gasteiger partial charge in [0.1, 0.15) is 18.1 Å². The summed E-state index contributed by atoms with van der Waals surface area (Å²) in [6.45, 7) is 3.67. The largest absolute Gasteiger partial charge is 0.491 e. The van der Waals surface area contributed by atoms with E-state index in [0.717, 1.165) is 46.7 Å². The lowest BCUT2D eigenvalue weighted by Crippen LogP contribution is -2.45. The third kappa shape index (κ3) is 5.20. The molecule has 0 saturated carbocycles. The van der Waals surface area contributed by atoms with Gasteiger partial charge < -0.3 is 20.7 Å². The van der Waals surface area contributed by atoms with Crippen molar-refractivity contribution in [2.75, 3.05) is 24.7 Å². The lowest BCUT2D eigenvalue weighted by Gasteiger charge is -2.32. The maximum Gasteiger partial charge on any atom is 0.298 e. The lowest BCUT2D eigenvalue weighted by atomic mass is 9.99. The summed E-state index contributed by atoms with van der Waals surface area (Å²) in [4.78, 5) is 18.9. The zero-order valence-electron chi connectivity index (χ0n) is 22.8. The third-order valence-corrected chi connectivity index (χ3v) is 7.54. The van der Waals surface area contributed by atoms with Crippen molar-refractivity contribution in [1.29, 1.82) is 0 Å². The van der Waals surface area contributed by atoms with E-state index in [4.69, 9.17) is 26.4 Å². The van der Waals surface area contributed by atoms with E-state index in [-0.39, 0.29) is 11.9 Å². The summed E-state index contributed by atoms with van der Waals surface area (Å²) in [5.41, 5.74) is 10.9. The number of amides is 1. The molecule has 41 heavy (non-hydrogen) atoms. The molecule has 10 heteroatoms. The zero-order valence-corrected chi connectivity index (χ0v) is 22.8. The number of nitrogens with one attached hydrogen (secondary N) is 1. The summed E-state index contributed by atoms with van der Waals surface area (Å²) in [5, 5.41) is 9.88. The van der Waals surface area contributed by atoms with Crippen LogP contribution in [-0.4, -0.2) is 51.1 Å². The molecule has 0 spiro atoms. The third-order valence-electron chi connectivity index (χ3n) is 7.54. The van der Waals surface area contributed by atoms with Gasteiger partial charge in [-0.2, -0.15) is 0 Å². The fourth-order valence-corrected chi connectivity index (χ4v) is 5.50.